The lowest BCUT2D eigenvalue weighted by Crippen LogP contribution is -2.28. The van der Waals surface area contributed by atoms with Crippen LogP contribution in [0, 0.1) is 11.3 Å². The second-order valence-corrected chi connectivity index (χ2v) is 6.41. The van der Waals surface area contributed by atoms with Gasteiger partial charge in [-0.25, -0.2) is 4.98 Å². The van der Waals surface area contributed by atoms with E-state index >= 15 is 0 Å². The number of alkyl halides is 3. The zero-order valence-corrected chi connectivity index (χ0v) is 12.6. The third kappa shape index (κ3) is 2.99. The first-order chi connectivity index (χ1) is 9.52. The van der Waals surface area contributed by atoms with E-state index in [-0.39, 0.29) is 23.4 Å². The lowest BCUT2D eigenvalue weighted by Gasteiger charge is -2.30. The van der Waals surface area contributed by atoms with E-state index in [2.05, 4.69) is 4.98 Å². The summed E-state index contributed by atoms with van der Waals surface area (Å²) in [6, 6.07) is 4.68. The molecule has 2 rings (SSSR count). The number of benzene rings is 1. The van der Waals surface area contributed by atoms with Crippen LogP contribution in [0.5, 0.6) is 0 Å². The van der Waals surface area contributed by atoms with Gasteiger partial charge in [0.1, 0.15) is 0 Å². The van der Waals surface area contributed by atoms with Crippen molar-refractivity contribution < 1.29 is 13.2 Å². The molecule has 116 valence electrons. The van der Waals surface area contributed by atoms with Gasteiger partial charge in [0, 0.05) is 12.2 Å². The molecule has 1 heterocycles. The summed E-state index contributed by atoms with van der Waals surface area (Å²) in [5.74, 6) is -0.623. The molecular formula is C15H20F3N3. The van der Waals surface area contributed by atoms with Crippen LogP contribution >= 0.6 is 0 Å². The molecule has 0 saturated carbocycles. The Hall–Kier alpha value is -1.72. The zero-order chi connectivity index (χ0) is 16.0. The van der Waals surface area contributed by atoms with E-state index in [4.69, 9.17) is 5.73 Å². The van der Waals surface area contributed by atoms with E-state index in [0.29, 0.717) is 11.2 Å². The average molecular weight is 299 g/mol. The molecule has 0 amide bonds. The molecule has 0 aliphatic heterocycles. The number of nitrogens with zero attached hydrogens (tertiary/aromatic N) is 2. The summed E-state index contributed by atoms with van der Waals surface area (Å²) >= 11 is 0. The highest BCUT2D eigenvalue weighted by molar-refractivity contribution is 5.79. The van der Waals surface area contributed by atoms with Gasteiger partial charge in [-0.2, -0.15) is 13.2 Å². The Morgan fingerprint density at radius 3 is 2.38 bits per heavy atom. The normalized spacial score (nSPS) is 13.3. The molecule has 0 unspecified atom stereocenters. The van der Waals surface area contributed by atoms with Crippen LogP contribution in [0.1, 0.15) is 33.5 Å². The smallest absolute Gasteiger partial charge is 0.399 e. The lowest BCUT2D eigenvalue weighted by molar-refractivity contribution is -0.147. The van der Waals surface area contributed by atoms with E-state index in [1.54, 1.807) is 12.1 Å². The fraction of sp³-hybridized carbons (Fsp3) is 0.533. The molecule has 1 aromatic carbocycles. The standard InChI is InChI=1S/C15H20F3N3/c1-9(2)14(3,4)8-21-12-6-5-10(19)7-11(12)20-13(21)15(16,17)18/h5-7,9H,8,19H2,1-4H3. The highest BCUT2D eigenvalue weighted by atomic mass is 19.4. The molecule has 0 atom stereocenters. The van der Waals surface area contributed by atoms with Crippen molar-refractivity contribution >= 4 is 16.7 Å². The number of anilines is 1. The minimum atomic E-state index is -4.49. The Morgan fingerprint density at radius 1 is 1.24 bits per heavy atom. The first-order valence-corrected chi connectivity index (χ1v) is 6.85. The van der Waals surface area contributed by atoms with E-state index < -0.39 is 12.0 Å². The van der Waals surface area contributed by atoms with Crippen LogP contribution in [0.3, 0.4) is 0 Å². The molecule has 21 heavy (non-hydrogen) atoms. The molecule has 2 aromatic rings. The molecule has 0 aliphatic carbocycles. The molecule has 0 fully saturated rings. The predicted molar refractivity (Wildman–Crippen MR) is 77.8 cm³/mol. The van der Waals surface area contributed by atoms with Gasteiger partial charge in [-0.1, -0.05) is 27.7 Å². The zero-order valence-electron chi connectivity index (χ0n) is 12.6. The quantitative estimate of drug-likeness (QED) is 0.858. The summed E-state index contributed by atoms with van der Waals surface area (Å²) in [4.78, 5) is 3.75. The van der Waals surface area contributed by atoms with Crippen molar-refractivity contribution in [3.63, 3.8) is 0 Å². The molecule has 1 aromatic heterocycles. The second-order valence-electron chi connectivity index (χ2n) is 6.41. The van der Waals surface area contributed by atoms with Gasteiger partial charge in [0.05, 0.1) is 11.0 Å². The van der Waals surface area contributed by atoms with E-state index in [9.17, 15) is 13.2 Å². The fourth-order valence-corrected chi connectivity index (χ4v) is 2.11. The maximum absolute atomic E-state index is 13.2. The number of nitrogen functional groups attached to an aromatic ring is 1. The van der Waals surface area contributed by atoms with Crippen molar-refractivity contribution in [1.29, 1.82) is 0 Å². The largest absolute Gasteiger partial charge is 0.449 e. The number of hydrogen-bond donors (Lipinski definition) is 1. The van der Waals surface area contributed by atoms with E-state index in [1.807, 2.05) is 27.7 Å². The van der Waals surface area contributed by atoms with Crippen molar-refractivity contribution in [2.24, 2.45) is 11.3 Å². The first-order valence-electron chi connectivity index (χ1n) is 6.85. The molecule has 0 aliphatic rings. The van der Waals surface area contributed by atoms with Crippen LogP contribution in [0.25, 0.3) is 11.0 Å². The van der Waals surface area contributed by atoms with Crippen LogP contribution in [-0.4, -0.2) is 9.55 Å². The summed E-state index contributed by atoms with van der Waals surface area (Å²) in [5, 5.41) is 0. The summed E-state index contributed by atoms with van der Waals surface area (Å²) < 4.78 is 41.0. The van der Waals surface area contributed by atoms with Crippen molar-refractivity contribution in [2.75, 3.05) is 5.73 Å². The summed E-state index contributed by atoms with van der Waals surface area (Å²) in [6.45, 7) is 8.18. The van der Waals surface area contributed by atoms with Crippen molar-refractivity contribution in [3.05, 3.63) is 24.0 Å². The van der Waals surface area contributed by atoms with Gasteiger partial charge in [0.2, 0.25) is 5.82 Å². The molecular weight excluding hydrogens is 279 g/mol. The highest BCUT2D eigenvalue weighted by Gasteiger charge is 2.39. The van der Waals surface area contributed by atoms with Crippen molar-refractivity contribution in [3.8, 4) is 0 Å². The Bertz CT molecular complexity index is 654. The number of halogens is 3. The number of imidazole rings is 1. The molecule has 0 radical (unpaired) electrons. The number of nitrogens with two attached hydrogens (primary N) is 1. The predicted octanol–water partition coefficient (Wildman–Crippen LogP) is 4.32. The van der Waals surface area contributed by atoms with E-state index in [1.165, 1.54) is 10.6 Å². The number of hydrogen-bond acceptors (Lipinski definition) is 2. The maximum Gasteiger partial charge on any atom is 0.449 e. The Kier molecular flexibility index (Phi) is 3.68. The molecule has 0 saturated heterocycles. The van der Waals surface area contributed by atoms with E-state index in [0.717, 1.165) is 0 Å². The summed E-state index contributed by atoms with van der Waals surface area (Å²) in [6.07, 6.45) is -4.49. The van der Waals surface area contributed by atoms with Gasteiger partial charge in [0.25, 0.3) is 0 Å². The minimum absolute atomic E-state index is 0.241. The number of rotatable bonds is 3. The lowest BCUT2D eigenvalue weighted by atomic mass is 9.81. The minimum Gasteiger partial charge on any atom is -0.399 e. The molecule has 3 nitrogen and oxygen atoms in total. The Morgan fingerprint density at radius 2 is 1.86 bits per heavy atom. The third-order valence-electron chi connectivity index (χ3n) is 4.15. The van der Waals surface area contributed by atoms with Crippen molar-refractivity contribution in [1.82, 2.24) is 9.55 Å². The van der Waals surface area contributed by atoms with Crippen molar-refractivity contribution in [2.45, 2.75) is 40.4 Å². The molecule has 6 heteroatoms. The van der Waals surface area contributed by atoms with Gasteiger partial charge in [-0.05, 0) is 29.5 Å². The number of fused-ring (bicyclic) bond motifs is 1. The SMILES string of the molecule is CC(C)C(C)(C)Cn1c(C(F)(F)F)nc2cc(N)ccc21. The van der Waals surface area contributed by atoms with Gasteiger partial charge in [0.15, 0.2) is 0 Å². The maximum atomic E-state index is 13.2. The van der Waals surface area contributed by atoms with Crippen LogP contribution in [-0.2, 0) is 12.7 Å². The summed E-state index contributed by atoms with van der Waals surface area (Å²) in [7, 11) is 0. The second kappa shape index (κ2) is 4.93. The third-order valence-corrected chi connectivity index (χ3v) is 4.15. The Labute approximate surface area is 122 Å². The van der Waals surface area contributed by atoms with Crippen LogP contribution < -0.4 is 5.73 Å². The van der Waals surface area contributed by atoms with Gasteiger partial charge < -0.3 is 10.3 Å². The number of aromatic nitrogens is 2. The average Bonchev–Trinajstić information content (AvgIpc) is 2.66. The van der Waals surface area contributed by atoms with Gasteiger partial charge in [-0.15, -0.1) is 0 Å². The highest BCUT2D eigenvalue weighted by Crippen LogP contribution is 2.36. The summed E-state index contributed by atoms with van der Waals surface area (Å²) in [5.41, 5.74) is 6.50. The Balaban J connectivity index is 2.64. The fourth-order valence-electron chi connectivity index (χ4n) is 2.11. The first kappa shape index (κ1) is 15.7. The molecule has 0 bridgehead atoms. The molecule has 0 spiro atoms. The van der Waals surface area contributed by atoms with Gasteiger partial charge >= 0.3 is 6.18 Å². The van der Waals surface area contributed by atoms with Crippen LogP contribution in [0.2, 0.25) is 0 Å². The topological polar surface area (TPSA) is 43.8 Å². The van der Waals surface area contributed by atoms with Gasteiger partial charge in [-0.3, -0.25) is 0 Å². The van der Waals surface area contributed by atoms with Crippen LogP contribution in [0.4, 0.5) is 18.9 Å². The monoisotopic (exact) mass is 299 g/mol. The van der Waals surface area contributed by atoms with Crippen LogP contribution in [0.15, 0.2) is 18.2 Å². The molecule has 2 N–H and O–H groups in total.